The van der Waals surface area contributed by atoms with E-state index in [0.29, 0.717) is 17.9 Å². The monoisotopic (exact) mass is 251 g/mol. The van der Waals surface area contributed by atoms with Gasteiger partial charge in [-0.1, -0.05) is 6.92 Å². The predicted molar refractivity (Wildman–Crippen MR) is 70.2 cm³/mol. The van der Waals surface area contributed by atoms with Crippen LogP contribution in [-0.4, -0.2) is 36.6 Å². The summed E-state index contributed by atoms with van der Waals surface area (Å²) in [6.45, 7) is 4.76. The zero-order valence-corrected chi connectivity index (χ0v) is 11.4. The standard InChI is InChI=1S/C15H25NO2/c1-2-6-18-14-4-3-5-16(10-14)15(17)13-8-11-7-12(11)9-13/h11-14H,2-10H2,1H3. The van der Waals surface area contributed by atoms with Crippen LogP contribution in [0, 0.1) is 17.8 Å². The molecule has 0 N–H and O–H groups in total. The van der Waals surface area contributed by atoms with Gasteiger partial charge in [-0.05, 0) is 50.4 Å². The molecule has 0 spiro atoms. The molecule has 18 heavy (non-hydrogen) atoms. The molecule has 3 atom stereocenters. The van der Waals surface area contributed by atoms with Crippen molar-refractivity contribution >= 4 is 5.91 Å². The van der Waals surface area contributed by atoms with Crippen LogP contribution in [0.2, 0.25) is 0 Å². The third-order valence-electron chi connectivity index (χ3n) is 4.84. The number of carbonyl (C=O) groups excluding carboxylic acids is 1. The van der Waals surface area contributed by atoms with Crippen molar-refractivity contribution in [2.24, 2.45) is 17.8 Å². The van der Waals surface area contributed by atoms with Crippen molar-refractivity contribution in [3.63, 3.8) is 0 Å². The number of hydrogen-bond donors (Lipinski definition) is 0. The van der Waals surface area contributed by atoms with Crippen molar-refractivity contribution in [2.45, 2.75) is 51.6 Å². The number of nitrogens with zero attached hydrogens (tertiary/aromatic N) is 1. The van der Waals surface area contributed by atoms with Gasteiger partial charge in [0.2, 0.25) is 5.91 Å². The molecule has 1 saturated heterocycles. The van der Waals surface area contributed by atoms with Gasteiger partial charge in [0.1, 0.15) is 0 Å². The first-order chi connectivity index (χ1) is 8.78. The number of fused-ring (bicyclic) bond motifs is 1. The molecule has 2 aliphatic carbocycles. The van der Waals surface area contributed by atoms with E-state index in [1.54, 1.807) is 0 Å². The maximum atomic E-state index is 12.5. The summed E-state index contributed by atoms with van der Waals surface area (Å²) in [5.74, 6) is 2.57. The van der Waals surface area contributed by atoms with Crippen LogP contribution in [0.3, 0.4) is 0 Å². The highest BCUT2D eigenvalue weighted by atomic mass is 16.5. The van der Waals surface area contributed by atoms with Crippen LogP contribution in [0.15, 0.2) is 0 Å². The average Bonchev–Trinajstić information content (AvgIpc) is 3.02. The molecule has 0 aromatic carbocycles. The van der Waals surface area contributed by atoms with E-state index < -0.39 is 0 Å². The van der Waals surface area contributed by atoms with Gasteiger partial charge < -0.3 is 9.64 Å². The molecule has 3 rings (SSSR count). The summed E-state index contributed by atoms with van der Waals surface area (Å²) in [6.07, 6.45) is 7.32. The van der Waals surface area contributed by atoms with E-state index in [2.05, 4.69) is 11.8 Å². The zero-order valence-electron chi connectivity index (χ0n) is 11.4. The van der Waals surface area contributed by atoms with Crippen molar-refractivity contribution in [3.05, 3.63) is 0 Å². The Bertz CT molecular complexity index is 308. The Hall–Kier alpha value is -0.570. The zero-order chi connectivity index (χ0) is 12.5. The molecule has 3 unspecified atom stereocenters. The molecule has 0 aromatic heterocycles. The molecule has 0 bridgehead atoms. The molecule has 0 radical (unpaired) electrons. The maximum absolute atomic E-state index is 12.5. The summed E-state index contributed by atoms with van der Waals surface area (Å²) in [5, 5.41) is 0. The quantitative estimate of drug-likeness (QED) is 0.768. The minimum atomic E-state index is 0.290. The number of rotatable bonds is 4. The van der Waals surface area contributed by atoms with Gasteiger partial charge in [-0.15, -0.1) is 0 Å². The minimum Gasteiger partial charge on any atom is -0.376 e. The third kappa shape index (κ3) is 2.56. The first-order valence-electron chi connectivity index (χ1n) is 7.68. The van der Waals surface area contributed by atoms with Gasteiger partial charge in [-0.25, -0.2) is 0 Å². The summed E-state index contributed by atoms with van der Waals surface area (Å²) < 4.78 is 5.81. The number of likely N-dealkylation sites (tertiary alicyclic amines) is 1. The van der Waals surface area contributed by atoms with E-state index >= 15 is 0 Å². The Morgan fingerprint density at radius 2 is 2.06 bits per heavy atom. The Kier molecular flexibility index (Phi) is 3.60. The average molecular weight is 251 g/mol. The number of hydrogen-bond acceptors (Lipinski definition) is 2. The molecular weight excluding hydrogens is 226 g/mol. The van der Waals surface area contributed by atoms with Gasteiger partial charge in [0, 0.05) is 25.6 Å². The molecule has 2 saturated carbocycles. The van der Waals surface area contributed by atoms with E-state index in [4.69, 9.17) is 4.74 Å². The Balaban J connectivity index is 1.50. The minimum absolute atomic E-state index is 0.290. The van der Waals surface area contributed by atoms with Crippen molar-refractivity contribution in [1.82, 2.24) is 4.90 Å². The van der Waals surface area contributed by atoms with Crippen LogP contribution in [-0.2, 0) is 9.53 Å². The van der Waals surface area contributed by atoms with Crippen LogP contribution in [0.25, 0.3) is 0 Å². The summed E-state index contributed by atoms with van der Waals surface area (Å²) >= 11 is 0. The van der Waals surface area contributed by atoms with Crippen LogP contribution in [0.4, 0.5) is 0 Å². The van der Waals surface area contributed by atoms with Crippen LogP contribution >= 0.6 is 0 Å². The highest BCUT2D eigenvalue weighted by Gasteiger charge is 2.49. The number of piperidine rings is 1. The second-order valence-electron chi connectivity index (χ2n) is 6.34. The molecule has 1 amide bonds. The molecule has 3 aliphatic rings. The maximum Gasteiger partial charge on any atom is 0.225 e. The topological polar surface area (TPSA) is 29.5 Å². The molecule has 1 aliphatic heterocycles. The molecule has 1 heterocycles. The van der Waals surface area contributed by atoms with Gasteiger partial charge in [0.25, 0.3) is 0 Å². The highest BCUT2D eigenvalue weighted by Crippen LogP contribution is 2.54. The van der Waals surface area contributed by atoms with E-state index in [0.717, 1.165) is 50.8 Å². The first-order valence-corrected chi connectivity index (χ1v) is 7.68. The lowest BCUT2D eigenvalue weighted by molar-refractivity contribution is -0.139. The van der Waals surface area contributed by atoms with E-state index in [1.165, 1.54) is 19.3 Å². The van der Waals surface area contributed by atoms with E-state index in [9.17, 15) is 4.79 Å². The highest BCUT2D eigenvalue weighted by molar-refractivity contribution is 5.79. The molecule has 3 heteroatoms. The summed E-state index contributed by atoms with van der Waals surface area (Å²) in [5.41, 5.74) is 0. The van der Waals surface area contributed by atoms with E-state index in [-0.39, 0.29) is 0 Å². The van der Waals surface area contributed by atoms with Crippen molar-refractivity contribution < 1.29 is 9.53 Å². The first kappa shape index (κ1) is 12.5. The fourth-order valence-electron chi connectivity index (χ4n) is 3.73. The fraction of sp³-hybridized carbons (Fsp3) is 0.933. The van der Waals surface area contributed by atoms with Gasteiger partial charge in [-0.3, -0.25) is 4.79 Å². The summed E-state index contributed by atoms with van der Waals surface area (Å²) in [6, 6.07) is 0. The Morgan fingerprint density at radius 3 is 2.78 bits per heavy atom. The molecule has 102 valence electrons. The van der Waals surface area contributed by atoms with Crippen molar-refractivity contribution in [1.29, 1.82) is 0 Å². The fourth-order valence-corrected chi connectivity index (χ4v) is 3.73. The lowest BCUT2D eigenvalue weighted by Gasteiger charge is -2.34. The van der Waals surface area contributed by atoms with Crippen LogP contribution in [0.1, 0.15) is 45.4 Å². The van der Waals surface area contributed by atoms with Gasteiger partial charge >= 0.3 is 0 Å². The molecule has 3 nitrogen and oxygen atoms in total. The lowest BCUT2D eigenvalue weighted by Crippen LogP contribution is -2.45. The number of amides is 1. The summed E-state index contributed by atoms with van der Waals surface area (Å²) in [7, 11) is 0. The van der Waals surface area contributed by atoms with Crippen LogP contribution in [0.5, 0.6) is 0 Å². The third-order valence-corrected chi connectivity index (χ3v) is 4.84. The van der Waals surface area contributed by atoms with Gasteiger partial charge in [0.15, 0.2) is 0 Å². The Morgan fingerprint density at radius 1 is 1.28 bits per heavy atom. The normalized spacial score (nSPS) is 38.6. The van der Waals surface area contributed by atoms with Crippen molar-refractivity contribution in [2.75, 3.05) is 19.7 Å². The lowest BCUT2D eigenvalue weighted by atomic mass is 9.99. The van der Waals surface area contributed by atoms with Gasteiger partial charge in [0.05, 0.1) is 6.10 Å². The summed E-state index contributed by atoms with van der Waals surface area (Å²) in [4.78, 5) is 14.5. The second kappa shape index (κ2) is 5.20. The molecule has 3 fully saturated rings. The number of ether oxygens (including phenoxy) is 1. The second-order valence-corrected chi connectivity index (χ2v) is 6.34. The van der Waals surface area contributed by atoms with E-state index in [1.807, 2.05) is 0 Å². The smallest absolute Gasteiger partial charge is 0.225 e. The van der Waals surface area contributed by atoms with Crippen molar-refractivity contribution in [3.8, 4) is 0 Å². The molecular formula is C15H25NO2. The SMILES string of the molecule is CCCOC1CCCN(C(=O)C2CC3CC3C2)C1. The van der Waals surface area contributed by atoms with Gasteiger partial charge in [-0.2, -0.15) is 0 Å². The largest absolute Gasteiger partial charge is 0.376 e. The Labute approximate surface area is 110 Å². The number of carbonyl (C=O) groups is 1. The molecule has 0 aromatic rings. The predicted octanol–water partition coefficient (Wildman–Crippen LogP) is 2.45. The van der Waals surface area contributed by atoms with Crippen LogP contribution < -0.4 is 0 Å².